The summed E-state index contributed by atoms with van der Waals surface area (Å²) in [6.07, 6.45) is 32.8. The molecule has 0 saturated heterocycles. The quantitative estimate of drug-likeness (QED) is 0.0503. The van der Waals surface area contributed by atoms with Crippen molar-refractivity contribution in [2.45, 2.75) is 206 Å². The molecular weight excluding hydrogens is 699 g/mol. The number of thioether (sulfide) groups is 1. The van der Waals surface area contributed by atoms with Gasteiger partial charge in [-0.25, -0.2) is 4.79 Å². The van der Waals surface area contributed by atoms with Crippen LogP contribution in [0, 0.1) is 0 Å². The lowest BCUT2D eigenvalue weighted by molar-refractivity contribution is -0.157. The molecule has 0 spiro atoms. The van der Waals surface area contributed by atoms with Gasteiger partial charge >= 0.3 is 17.9 Å². The Hall–Kier alpha value is -2.55. The van der Waals surface area contributed by atoms with Gasteiger partial charge in [-0.2, -0.15) is 11.8 Å². The van der Waals surface area contributed by atoms with Crippen LogP contribution in [0.3, 0.4) is 0 Å². The average Bonchev–Trinajstić information content (AvgIpc) is 3.16. The topological polar surface area (TPSA) is 119 Å². The van der Waals surface area contributed by atoms with E-state index < -0.39 is 12.1 Å². The van der Waals surface area contributed by atoms with Crippen LogP contribution in [0.2, 0.25) is 0 Å². The number of carboxylic acid groups (broad SMARTS) is 1. The number of aromatic carboxylic acids is 1. The summed E-state index contributed by atoms with van der Waals surface area (Å²) in [4.78, 5) is 48.8. The Labute approximate surface area is 333 Å². The molecule has 0 bridgehead atoms. The molecule has 0 fully saturated rings. The summed E-state index contributed by atoms with van der Waals surface area (Å²) in [6, 6.07) is 6.02. The van der Waals surface area contributed by atoms with Gasteiger partial charge in [-0.3, -0.25) is 14.4 Å². The zero-order valence-electron chi connectivity index (χ0n) is 34.3. The molecule has 310 valence electrons. The van der Waals surface area contributed by atoms with Crippen molar-refractivity contribution < 1.29 is 33.8 Å². The van der Waals surface area contributed by atoms with Crippen molar-refractivity contribution in [1.82, 2.24) is 0 Å². The summed E-state index contributed by atoms with van der Waals surface area (Å²) in [5.41, 5.74) is 0.689. The molecule has 0 saturated carbocycles. The van der Waals surface area contributed by atoms with E-state index in [0.29, 0.717) is 30.0 Å². The normalized spacial score (nSPS) is 11.7. The number of nitrogens with one attached hydrogen (secondary N) is 1. The van der Waals surface area contributed by atoms with Crippen molar-refractivity contribution in [3.05, 3.63) is 29.8 Å². The summed E-state index contributed by atoms with van der Waals surface area (Å²) >= 11 is 1.48. The zero-order chi connectivity index (χ0) is 39.3. The number of hydrogen-bond acceptors (Lipinski definition) is 7. The van der Waals surface area contributed by atoms with E-state index in [1.54, 1.807) is 12.1 Å². The number of rotatable bonds is 38. The number of unbranched alkanes of at least 4 members (excludes halogenated alkanes) is 24. The van der Waals surface area contributed by atoms with Crippen LogP contribution in [0.5, 0.6) is 0 Å². The first kappa shape index (κ1) is 49.5. The number of carboxylic acids is 1. The van der Waals surface area contributed by atoms with Gasteiger partial charge in [0.2, 0.25) is 5.91 Å². The molecular formula is C45H77NO7S. The highest BCUT2D eigenvalue weighted by Gasteiger charge is 2.18. The van der Waals surface area contributed by atoms with Gasteiger partial charge in [0, 0.05) is 36.5 Å². The van der Waals surface area contributed by atoms with Crippen molar-refractivity contribution in [2.75, 3.05) is 23.4 Å². The molecule has 1 unspecified atom stereocenters. The molecule has 1 amide bonds. The molecule has 0 radical (unpaired) electrons. The van der Waals surface area contributed by atoms with Crippen LogP contribution >= 0.6 is 11.8 Å². The summed E-state index contributed by atoms with van der Waals surface area (Å²) in [5, 5.41) is 11.8. The second kappa shape index (κ2) is 36.1. The molecule has 0 aliphatic heterocycles. The van der Waals surface area contributed by atoms with E-state index in [4.69, 9.17) is 14.6 Å². The van der Waals surface area contributed by atoms with E-state index in [1.165, 1.54) is 152 Å². The SMILES string of the molecule is CCCCCCCCCCCCCCCC(=O)OCC(CSCCC(=O)Nc1ccc(C(=O)O)cc1)OC(=O)CCCCCCCCCCCCCCC. The number of amides is 1. The van der Waals surface area contributed by atoms with Crippen LogP contribution in [0.25, 0.3) is 0 Å². The molecule has 0 aliphatic rings. The highest BCUT2D eigenvalue weighted by molar-refractivity contribution is 7.99. The van der Waals surface area contributed by atoms with E-state index in [-0.39, 0.29) is 36.4 Å². The Balaban J connectivity index is 2.33. The third kappa shape index (κ3) is 30.7. The van der Waals surface area contributed by atoms with Crippen LogP contribution in [0.4, 0.5) is 5.69 Å². The first-order valence-corrected chi connectivity index (χ1v) is 23.1. The van der Waals surface area contributed by atoms with E-state index in [9.17, 15) is 19.2 Å². The standard InChI is InChI=1S/C45H77NO7S/c1-3-5-7-9-11-13-15-17-19-21-23-25-27-29-43(48)52-37-41(38-54-36-35-42(47)46-40-33-31-39(32-34-40)45(50)51)53-44(49)30-28-26-24-22-20-18-16-14-12-10-8-6-4-2/h31-34,41H,3-30,35-38H2,1-2H3,(H,46,47)(H,50,51). The molecule has 0 aromatic heterocycles. The fourth-order valence-corrected chi connectivity index (χ4v) is 7.42. The molecule has 1 aromatic rings. The lowest BCUT2D eigenvalue weighted by atomic mass is 10.0. The number of carbonyl (C=O) groups excluding carboxylic acids is 3. The van der Waals surface area contributed by atoms with Crippen LogP contribution in [-0.4, -0.2) is 53.1 Å². The fourth-order valence-electron chi connectivity index (χ4n) is 6.49. The molecule has 1 aromatic carbocycles. The lowest BCUT2D eigenvalue weighted by Crippen LogP contribution is -2.28. The fraction of sp³-hybridized carbons (Fsp3) is 0.778. The van der Waals surface area contributed by atoms with Crippen LogP contribution < -0.4 is 5.32 Å². The summed E-state index contributed by atoms with van der Waals surface area (Å²) in [5.74, 6) is -0.803. The minimum Gasteiger partial charge on any atom is -0.478 e. The second-order valence-corrected chi connectivity index (χ2v) is 16.2. The number of ether oxygens (including phenoxy) is 2. The number of anilines is 1. The molecule has 2 N–H and O–H groups in total. The van der Waals surface area contributed by atoms with Gasteiger partial charge in [-0.05, 0) is 37.1 Å². The smallest absolute Gasteiger partial charge is 0.335 e. The lowest BCUT2D eigenvalue weighted by Gasteiger charge is -2.18. The van der Waals surface area contributed by atoms with Crippen LogP contribution in [-0.2, 0) is 23.9 Å². The third-order valence-corrected chi connectivity index (χ3v) is 11.0. The Morgan fingerprint density at radius 3 is 1.41 bits per heavy atom. The van der Waals surface area contributed by atoms with Crippen molar-refractivity contribution >= 4 is 41.3 Å². The molecule has 54 heavy (non-hydrogen) atoms. The number of carbonyl (C=O) groups is 4. The van der Waals surface area contributed by atoms with E-state index in [1.807, 2.05) is 0 Å². The van der Waals surface area contributed by atoms with E-state index in [2.05, 4.69) is 19.2 Å². The minimum absolute atomic E-state index is 0.0245. The summed E-state index contributed by atoms with van der Waals surface area (Å²) in [6.45, 7) is 4.53. The predicted octanol–water partition coefficient (Wildman–Crippen LogP) is 12.9. The number of esters is 2. The Kier molecular flexibility index (Phi) is 33.1. The maximum atomic E-state index is 12.7. The highest BCUT2D eigenvalue weighted by atomic mass is 32.2. The van der Waals surface area contributed by atoms with E-state index in [0.717, 1.165) is 38.5 Å². The van der Waals surface area contributed by atoms with Crippen molar-refractivity contribution in [2.24, 2.45) is 0 Å². The molecule has 1 rings (SSSR count). The van der Waals surface area contributed by atoms with Gasteiger partial charge in [0.1, 0.15) is 12.7 Å². The Morgan fingerprint density at radius 1 is 0.574 bits per heavy atom. The number of benzene rings is 1. The minimum atomic E-state index is -1.02. The van der Waals surface area contributed by atoms with Gasteiger partial charge in [-0.1, -0.05) is 168 Å². The average molecular weight is 776 g/mol. The van der Waals surface area contributed by atoms with Gasteiger partial charge in [-0.15, -0.1) is 0 Å². The molecule has 0 heterocycles. The predicted molar refractivity (Wildman–Crippen MR) is 225 cm³/mol. The Bertz CT molecular complexity index is 1080. The third-order valence-electron chi connectivity index (χ3n) is 9.89. The van der Waals surface area contributed by atoms with Crippen molar-refractivity contribution in [1.29, 1.82) is 0 Å². The monoisotopic (exact) mass is 776 g/mol. The molecule has 9 heteroatoms. The molecule has 8 nitrogen and oxygen atoms in total. The van der Waals surface area contributed by atoms with Gasteiger partial charge < -0.3 is 19.9 Å². The largest absolute Gasteiger partial charge is 0.478 e. The van der Waals surface area contributed by atoms with Gasteiger partial charge in [0.05, 0.1) is 5.56 Å². The van der Waals surface area contributed by atoms with Gasteiger partial charge in [0.25, 0.3) is 0 Å². The summed E-state index contributed by atoms with van der Waals surface area (Å²) in [7, 11) is 0. The Morgan fingerprint density at radius 2 is 0.981 bits per heavy atom. The molecule has 0 aliphatic carbocycles. The maximum Gasteiger partial charge on any atom is 0.335 e. The van der Waals surface area contributed by atoms with E-state index >= 15 is 0 Å². The number of hydrogen-bond donors (Lipinski definition) is 2. The van der Waals surface area contributed by atoms with Crippen LogP contribution in [0.15, 0.2) is 24.3 Å². The highest BCUT2D eigenvalue weighted by Crippen LogP contribution is 2.17. The maximum absolute atomic E-state index is 12.7. The first-order chi connectivity index (χ1) is 26.3. The zero-order valence-corrected chi connectivity index (χ0v) is 35.1. The molecule has 1 atom stereocenters. The first-order valence-electron chi connectivity index (χ1n) is 21.9. The summed E-state index contributed by atoms with van der Waals surface area (Å²) < 4.78 is 11.3. The van der Waals surface area contributed by atoms with Crippen LogP contribution in [0.1, 0.15) is 210 Å². The van der Waals surface area contributed by atoms with Crippen molar-refractivity contribution in [3.8, 4) is 0 Å². The van der Waals surface area contributed by atoms with Crippen molar-refractivity contribution in [3.63, 3.8) is 0 Å². The van der Waals surface area contributed by atoms with Gasteiger partial charge in [0.15, 0.2) is 0 Å². The second-order valence-electron chi connectivity index (χ2n) is 15.0.